The first-order chi connectivity index (χ1) is 10.6. The van der Waals surface area contributed by atoms with Crippen LogP contribution in [0.25, 0.3) is 10.2 Å². The molecule has 1 saturated carbocycles. The summed E-state index contributed by atoms with van der Waals surface area (Å²) in [5, 5.41) is 2.17. The van der Waals surface area contributed by atoms with Crippen molar-refractivity contribution in [2.24, 2.45) is 11.7 Å². The summed E-state index contributed by atoms with van der Waals surface area (Å²) in [6, 6.07) is 0. The predicted molar refractivity (Wildman–Crippen MR) is 90.5 cm³/mol. The van der Waals surface area contributed by atoms with E-state index in [0.717, 1.165) is 34.4 Å². The van der Waals surface area contributed by atoms with Crippen LogP contribution < -0.4 is 5.73 Å². The monoisotopic (exact) mass is 333 g/mol. The summed E-state index contributed by atoms with van der Waals surface area (Å²) in [5.41, 5.74) is 6.75. The predicted octanol–water partition coefficient (Wildman–Crippen LogP) is 3.27. The van der Waals surface area contributed by atoms with E-state index in [9.17, 15) is 4.79 Å². The van der Waals surface area contributed by atoms with Crippen LogP contribution in [0.15, 0.2) is 5.03 Å². The van der Waals surface area contributed by atoms with Gasteiger partial charge in [-0.25, -0.2) is 9.97 Å². The number of fused-ring (bicyclic) bond motifs is 3. The molecule has 2 aliphatic rings. The van der Waals surface area contributed by atoms with E-state index in [4.69, 9.17) is 15.7 Å². The Morgan fingerprint density at radius 2 is 2.18 bits per heavy atom. The number of aromatic nitrogens is 2. The fraction of sp³-hybridized carbons (Fsp3) is 0.562. The van der Waals surface area contributed by atoms with Gasteiger partial charge in [0.15, 0.2) is 0 Å². The van der Waals surface area contributed by atoms with Gasteiger partial charge in [0.25, 0.3) is 0 Å². The van der Waals surface area contributed by atoms with Crippen LogP contribution in [0.3, 0.4) is 0 Å². The van der Waals surface area contributed by atoms with Gasteiger partial charge in [-0.2, -0.15) is 0 Å². The zero-order valence-corrected chi connectivity index (χ0v) is 14.2. The average Bonchev–Trinajstić information content (AvgIpc) is 3.25. The minimum Gasteiger partial charge on any atom is -0.369 e. The number of carbonyl (C=O) groups is 1. The van der Waals surface area contributed by atoms with Crippen LogP contribution in [0.5, 0.6) is 0 Å². The van der Waals surface area contributed by atoms with Crippen molar-refractivity contribution in [3.8, 4) is 0 Å². The third-order valence-electron chi connectivity index (χ3n) is 4.43. The van der Waals surface area contributed by atoms with Crippen molar-refractivity contribution in [2.75, 3.05) is 5.75 Å². The number of hydrogen-bond donors (Lipinski definition) is 1. The normalized spacial score (nSPS) is 21.0. The quantitative estimate of drug-likeness (QED) is 0.689. The molecule has 1 atom stereocenters. The molecule has 6 heteroatoms. The lowest BCUT2D eigenvalue weighted by atomic mass is 9.89. The highest BCUT2D eigenvalue weighted by atomic mass is 32.2. The molecule has 2 aromatic heterocycles. The van der Waals surface area contributed by atoms with E-state index in [1.807, 2.05) is 11.3 Å². The molecule has 0 unspecified atom stereocenters. The highest BCUT2D eigenvalue weighted by Crippen LogP contribution is 2.44. The van der Waals surface area contributed by atoms with Crippen LogP contribution in [-0.4, -0.2) is 21.6 Å². The Hall–Kier alpha value is -1.14. The molecule has 2 aliphatic carbocycles. The lowest BCUT2D eigenvalue weighted by Gasteiger charge is -2.18. The van der Waals surface area contributed by atoms with E-state index >= 15 is 0 Å². The van der Waals surface area contributed by atoms with Gasteiger partial charge in [-0.05, 0) is 43.6 Å². The van der Waals surface area contributed by atoms with Crippen molar-refractivity contribution < 1.29 is 4.79 Å². The van der Waals surface area contributed by atoms with Crippen molar-refractivity contribution in [3.63, 3.8) is 0 Å². The first-order valence-electron chi connectivity index (χ1n) is 7.85. The number of amides is 1. The molecule has 0 bridgehead atoms. The van der Waals surface area contributed by atoms with E-state index < -0.39 is 0 Å². The van der Waals surface area contributed by atoms with Gasteiger partial charge in [-0.15, -0.1) is 11.3 Å². The number of nitrogens with zero attached hydrogens (tertiary/aromatic N) is 2. The van der Waals surface area contributed by atoms with E-state index in [1.165, 1.54) is 46.9 Å². The van der Waals surface area contributed by atoms with Crippen molar-refractivity contribution in [2.45, 2.75) is 50.0 Å². The Balaban J connectivity index is 1.83. The van der Waals surface area contributed by atoms with Gasteiger partial charge < -0.3 is 5.73 Å². The average molecular weight is 333 g/mol. The molecule has 0 aliphatic heterocycles. The molecular weight excluding hydrogens is 314 g/mol. The summed E-state index contributed by atoms with van der Waals surface area (Å²) in [4.78, 5) is 23.4. The zero-order valence-electron chi connectivity index (χ0n) is 12.6. The van der Waals surface area contributed by atoms with Gasteiger partial charge in [-0.3, -0.25) is 4.79 Å². The first kappa shape index (κ1) is 14.5. The summed E-state index contributed by atoms with van der Waals surface area (Å²) < 4.78 is 0. The van der Waals surface area contributed by atoms with Gasteiger partial charge in [0.05, 0.1) is 5.75 Å². The standard InChI is InChI=1S/C16H19N3OS2/c1-8-2-5-10-11(6-8)22-16-13(10)15(21-7-12(17)20)18-14(19-16)9-3-4-9/h8-9H,2-7H2,1H3,(H2,17,20)/t8-/m1/s1. The summed E-state index contributed by atoms with van der Waals surface area (Å²) in [7, 11) is 0. The molecule has 1 amide bonds. The van der Waals surface area contributed by atoms with Crippen molar-refractivity contribution in [1.29, 1.82) is 0 Å². The first-order valence-corrected chi connectivity index (χ1v) is 9.65. The van der Waals surface area contributed by atoms with Crippen molar-refractivity contribution in [1.82, 2.24) is 9.97 Å². The Kier molecular flexibility index (Phi) is 3.61. The van der Waals surface area contributed by atoms with Gasteiger partial charge in [0, 0.05) is 16.2 Å². The Morgan fingerprint density at radius 3 is 2.91 bits per heavy atom. The van der Waals surface area contributed by atoms with Crippen molar-refractivity contribution >= 4 is 39.2 Å². The number of thioether (sulfide) groups is 1. The van der Waals surface area contributed by atoms with Crippen LogP contribution in [-0.2, 0) is 17.6 Å². The van der Waals surface area contributed by atoms with E-state index in [1.54, 1.807) is 0 Å². The number of carbonyl (C=O) groups excluding carboxylic acids is 1. The maximum absolute atomic E-state index is 11.2. The number of hydrogen-bond acceptors (Lipinski definition) is 5. The Bertz CT molecular complexity index is 751. The SMILES string of the molecule is C[C@@H]1CCc2c(sc3nc(C4CC4)nc(SCC(N)=O)c23)C1. The summed E-state index contributed by atoms with van der Waals surface area (Å²) in [6.07, 6.45) is 5.85. The maximum Gasteiger partial charge on any atom is 0.227 e. The third kappa shape index (κ3) is 2.63. The van der Waals surface area contributed by atoms with Gasteiger partial charge in [0.2, 0.25) is 5.91 Å². The van der Waals surface area contributed by atoms with Crippen LogP contribution in [0.1, 0.15) is 48.4 Å². The smallest absolute Gasteiger partial charge is 0.227 e. The molecule has 4 rings (SSSR count). The Labute approximate surface area is 137 Å². The molecule has 0 saturated heterocycles. The largest absolute Gasteiger partial charge is 0.369 e. The molecule has 2 N–H and O–H groups in total. The molecule has 22 heavy (non-hydrogen) atoms. The molecular formula is C16H19N3OS2. The van der Waals surface area contributed by atoms with E-state index in [2.05, 4.69) is 6.92 Å². The van der Waals surface area contributed by atoms with E-state index in [-0.39, 0.29) is 11.7 Å². The summed E-state index contributed by atoms with van der Waals surface area (Å²) >= 11 is 3.31. The Morgan fingerprint density at radius 1 is 1.36 bits per heavy atom. The van der Waals surface area contributed by atoms with Gasteiger partial charge >= 0.3 is 0 Å². The number of aryl methyl sites for hydroxylation is 1. The number of rotatable bonds is 4. The number of nitrogens with two attached hydrogens (primary N) is 1. The maximum atomic E-state index is 11.2. The summed E-state index contributed by atoms with van der Waals surface area (Å²) in [5.74, 6) is 2.24. The van der Waals surface area contributed by atoms with Crippen molar-refractivity contribution in [3.05, 3.63) is 16.3 Å². The third-order valence-corrected chi connectivity index (χ3v) is 6.58. The molecule has 2 aromatic rings. The minimum atomic E-state index is -0.289. The lowest BCUT2D eigenvalue weighted by molar-refractivity contribution is -0.115. The molecule has 0 spiro atoms. The second kappa shape index (κ2) is 5.49. The number of primary amides is 1. The molecule has 4 nitrogen and oxygen atoms in total. The highest BCUT2D eigenvalue weighted by molar-refractivity contribution is 8.00. The molecule has 0 radical (unpaired) electrons. The zero-order chi connectivity index (χ0) is 15.3. The highest BCUT2D eigenvalue weighted by Gasteiger charge is 2.30. The molecule has 116 valence electrons. The minimum absolute atomic E-state index is 0.289. The van der Waals surface area contributed by atoms with Crippen LogP contribution >= 0.6 is 23.1 Å². The molecule has 0 aromatic carbocycles. The van der Waals surface area contributed by atoms with Crippen LogP contribution in [0.4, 0.5) is 0 Å². The fourth-order valence-electron chi connectivity index (χ4n) is 3.09. The lowest BCUT2D eigenvalue weighted by Crippen LogP contribution is -2.13. The second-order valence-electron chi connectivity index (χ2n) is 6.45. The number of thiophene rings is 1. The molecule has 1 fully saturated rings. The fourth-order valence-corrected chi connectivity index (χ4v) is 5.35. The van der Waals surface area contributed by atoms with Crippen LogP contribution in [0.2, 0.25) is 0 Å². The second-order valence-corrected chi connectivity index (χ2v) is 8.50. The van der Waals surface area contributed by atoms with Crippen LogP contribution in [0, 0.1) is 5.92 Å². The topological polar surface area (TPSA) is 68.9 Å². The van der Waals surface area contributed by atoms with E-state index in [0.29, 0.717) is 5.92 Å². The molecule has 2 heterocycles. The van der Waals surface area contributed by atoms with Gasteiger partial charge in [-0.1, -0.05) is 18.7 Å². The summed E-state index contributed by atoms with van der Waals surface area (Å²) in [6.45, 7) is 2.32. The van der Waals surface area contributed by atoms with Gasteiger partial charge in [0.1, 0.15) is 15.7 Å².